The maximum absolute atomic E-state index is 10.6. The summed E-state index contributed by atoms with van der Waals surface area (Å²) < 4.78 is 0. The molecule has 0 atom stereocenters. The van der Waals surface area contributed by atoms with Crippen molar-refractivity contribution in [1.29, 1.82) is 0 Å². The number of benzene rings is 2. The highest BCUT2D eigenvalue weighted by Crippen LogP contribution is 2.35. The number of carboxylic acids is 1. The Morgan fingerprint density at radius 1 is 1.08 bits per heavy atom. The van der Waals surface area contributed by atoms with Crippen LogP contribution in [0.5, 0.6) is 0 Å². The minimum absolute atomic E-state index is 0.923. The Hall–Kier alpha value is -2.81. The lowest BCUT2D eigenvalue weighted by Gasteiger charge is -2.20. The van der Waals surface area contributed by atoms with Gasteiger partial charge in [0.15, 0.2) is 0 Å². The second-order valence-electron chi connectivity index (χ2n) is 6.27. The molecule has 2 aromatic carbocycles. The molecule has 0 unspecified atom stereocenters. The van der Waals surface area contributed by atoms with Gasteiger partial charge in [0.2, 0.25) is 0 Å². The molecule has 24 heavy (non-hydrogen) atoms. The van der Waals surface area contributed by atoms with Crippen LogP contribution in [0, 0.1) is 0 Å². The van der Waals surface area contributed by atoms with E-state index in [1.165, 1.54) is 34.2 Å². The number of hydrogen-bond acceptors (Lipinski definition) is 2. The molecule has 3 heteroatoms. The average Bonchev–Trinajstić information content (AvgIpc) is 2.96. The van der Waals surface area contributed by atoms with Gasteiger partial charge in [0, 0.05) is 24.0 Å². The van der Waals surface area contributed by atoms with E-state index in [0.29, 0.717) is 0 Å². The fourth-order valence-corrected chi connectivity index (χ4v) is 3.04. The SMILES string of the molecule is CC(C)=Cc1ccc(N2CCc3cc(/C=C/C(=O)O)ccc32)cc1. The molecule has 0 fully saturated rings. The molecular weight excluding hydrogens is 298 g/mol. The second-order valence-corrected chi connectivity index (χ2v) is 6.27. The van der Waals surface area contributed by atoms with Crippen LogP contribution in [0.1, 0.15) is 30.5 Å². The van der Waals surface area contributed by atoms with E-state index in [-0.39, 0.29) is 0 Å². The summed E-state index contributed by atoms with van der Waals surface area (Å²) in [4.78, 5) is 13.0. The summed E-state index contributed by atoms with van der Waals surface area (Å²) >= 11 is 0. The Kier molecular flexibility index (Phi) is 4.52. The first-order valence-electron chi connectivity index (χ1n) is 8.09. The van der Waals surface area contributed by atoms with E-state index in [4.69, 9.17) is 5.11 Å². The van der Waals surface area contributed by atoms with Gasteiger partial charge in [0.1, 0.15) is 0 Å². The van der Waals surface area contributed by atoms with E-state index in [1.807, 2.05) is 6.07 Å². The van der Waals surface area contributed by atoms with Crippen molar-refractivity contribution in [2.45, 2.75) is 20.3 Å². The maximum Gasteiger partial charge on any atom is 0.328 e. The fourth-order valence-electron chi connectivity index (χ4n) is 3.04. The highest BCUT2D eigenvalue weighted by Gasteiger charge is 2.20. The summed E-state index contributed by atoms with van der Waals surface area (Å²) in [6, 6.07) is 14.7. The van der Waals surface area contributed by atoms with Gasteiger partial charge in [0.05, 0.1) is 0 Å². The Bertz CT molecular complexity index is 812. The van der Waals surface area contributed by atoms with Gasteiger partial charge in [-0.15, -0.1) is 0 Å². The molecule has 3 nitrogen and oxygen atoms in total. The van der Waals surface area contributed by atoms with Gasteiger partial charge >= 0.3 is 5.97 Å². The molecule has 0 saturated carbocycles. The van der Waals surface area contributed by atoms with Gasteiger partial charge in [-0.2, -0.15) is 0 Å². The lowest BCUT2D eigenvalue weighted by molar-refractivity contribution is -0.131. The molecular formula is C21H21NO2. The van der Waals surface area contributed by atoms with Gasteiger partial charge in [-0.1, -0.05) is 29.8 Å². The van der Waals surface area contributed by atoms with Crippen molar-refractivity contribution in [1.82, 2.24) is 0 Å². The summed E-state index contributed by atoms with van der Waals surface area (Å²) in [6.07, 6.45) is 5.96. The molecule has 0 aromatic heterocycles. The van der Waals surface area contributed by atoms with Crippen molar-refractivity contribution in [3.05, 3.63) is 70.8 Å². The summed E-state index contributed by atoms with van der Waals surface area (Å²) in [5.41, 5.74) is 7.09. The number of hydrogen-bond donors (Lipinski definition) is 1. The van der Waals surface area contributed by atoms with Crippen molar-refractivity contribution >= 4 is 29.5 Å². The number of carbonyl (C=O) groups is 1. The van der Waals surface area contributed by atoms with Crippen LogP contribution in [-0.4, -0.2) is 17.6 Å². The van der Waals surface area contributed by atoms with E-state index in [1.54, 1.807) is 6.08 Å². The predicted octanol–water partition coefficient (Wildman–Crippen LogP) is 4.90. The number of rotatable bonds is 4. The standard InChI is InChI=1S/C21H21NO2/c1-15(2)13-16-3-7-19(8-4-16)22-12-11-18-14-17(5-9-20(18)22)6-10-21(23)24/h3-10,13-14H,11-12H2,1-2H3,(H,23,24)/b10-6+. The quantitative estimate of drug-likeness (QED) is 0.815. The average molecular weight is 319 g/mol. The number of fused-ring (bicyclic) bond motifs is 1. The van der Waals surface area contributed by atoms with Crippen molar-refractivity contribution in [3.8, 4) is 0 Å². The zero-order chi connectivity index (χ0) is 17.1. The Morgan fingerprint density at radius 2 is 1.79 bits per heavy atom. The molecule has 0 spiro atoms. The van der Waals surface area contributed by atoms with Crippen LogP contribution in [0.3, 0.4) is 0 Å². The summed E-state index contributed by atoms with van der Waals surface area (Å²) in [5, 5.41) is 8.74. The fraction of sp³-hybridized carbons (Fsp3) is 0.190. The smallest absolute Gasteiger partial charge is 0.328 e. The van der Waals surface area contributed by atoms with Crippen LogP contribution in [0.4, 0.5) is 11.4 Å². The lowest BCUT2D eigenvalue weighted by atomic mass is 10.1. The summed E-state index contributed by atoms with van der Waals surface area (Å²) in [7, 11) is 0. The van der Waals surface area contributed by atoms with E-state index >= 15 is 0 Å². The summed E-state index contributed by atoms with van der Waals surface area (Å²) in [6.45, 7) is 5.14. The number of carboxylic acid groups (broad SMARTS) is 1. The molecule has 1 aliphatic rings. The molecule has 122 valence electrons. The van der Waals surface area contributed by atoms with Crippen molar-refractivity contribution in [2.24, 2.45) is 0 Å². The van der Waals surface area contributed by atoms with Crippen LogP contribution in [0.2, 0.25) is 0 Å². The van der Waals surface area contributed by atoms with Crippen molar-refractivity contribution in [2.75, 3.05) is 11.4 Å². The number of allylic oxidation sites excluding steroid dienone is 1. The number of anilines is 2. The maximum atomic E-state index is 10.6. The summed E-state index contributed by atoms with van der Waals surface area (Å²) in [5.74, 6) is -0.923. The lowest BCUT2D eigenvalue weighted by Crippen LogP contribution is -2.12. The van der Waals surface area contributed by atoms with Crippen LogP contribution < -0.4 is 4.90 Å². The second kappa shape index (κ2) is 6.75. The molecule has 1 aliphatic heterocycles. The van der Waals surface area contributed by atoms with E-state index in [2.05, 4.69) is 61.2 Å². The molecule has 1 N–H and O–H groups in total. The van der Waals surface area contributed by atoms with Crippen LogP contribution in [0.15, 0.2) is 54.1 Å². The van der Waals surface area contributed by atoms with Gasteiger partial charge in [-0.25, -0.2) is 4.79 Å². The van der Waals surface area contributed by atoms with E-state index < -0.39 is 5.97 Å². The van der Waals surface area contributed by atoms with Gasteiger partial charge in [-0.05, 0) is 67.3 Å². The Morgan fingerprint density at radius 3 is 2.46 bits per heavy atom. The predicted molar refractivity (Wildman–Crippen MR) is 99.6 cm³/mol. The molecule has 1 heterocycles. The highest BCUT2D eigenvalue weighted by molar-refractivity contribution is 5.85. The number of aliphatic carboxylic acids is 1. The van der Waals surface area contributed by atoms with Gasteiger partial charge < -0.3 is 10.0 Å². The molecule has 0 saturated heterocycles. The minimum atomic E-state index is -0.923. The first kappa shape index (κ1) is 16.1. The van der Waals surface area contributed by atoms with Crippen molar-refractivity contribution in [3.63, 3.8) is 0 Å². The third-order valence-corrected chi connectivity index (χ3v) is 4.08. The monoisotopic (exact) mass is 319 g/mol. The molecule has 0 radical (unpaired) electrons. The van der Waals surface area contributed by atoms with Crippen LogP contribution in [0.25, 0.3) is 12.2 Å². The largest absolute Gasteiger partial charge is 0.478 e. The highest BCUT2D eigenvalue weighted by atomic mass is 16.4. The molecule has 2 aromatic rings. The normalized spacial score (nSPS) is 13.2. The zero-order valence-corrected chi connectivity index (χ0v) is 14.0. The van der Waals surface area contributed by atoms with Crippen LogP contribution >= 0.6 is 0 Å². The Balaban J connectivity index is 1.84. The van der Waals surface area contributed by atoms with E-state index in [0.717, 1.165) is 18.5 Å². The van der Waals surface area contributed by atoms with Crippen LogP contribution in [-0.2, 0) is 11.2 Å². The molecule has 0 bridgehead atoms. The Labute approximate surface area is 142 Å². The third-order valence-electron chi connectivity index (χ3n) is 4.08. The first-order valence-corrected chi connectivity index (χ1v) is 8.09. The first-order chi connectivity index (χ1) is 11.5. The molecule has 0 amide bonds. The molecule has 0 aliphatic carbocycles. The third kappa shape index (κ3) is 3.57. The number of nitrogens with zero attached hydrogens (tertiary/aromatic N) is 1. The minimum Gasteiger partial charge on any atom is -0.478 e. The van der Waals surface area contributed by atoms with Gasteiger partial charge in [-0.3, -0.25) is 0 Å². The molecule has 3 rings (SSSR count). The van der Waals surface area contributed by atoms with Gasteiger partial charge in [0.25, 0.3) is 0 Å². The zero-order valence-electron chi connectivity index (χ0n) is 14.0. The van der Waals surface area contributed by atoms with E-state index in [9.17, 15) is 4.79 Å². The topological polar surface area (TPSA) is 40.5 Å². The van der Waals surface area contributed by atoms with Crippen molar-refractivity contribution < 1.29 is 9.90 Å².